The number of aliphatic hydroxyl groups excluding tert-OH is 1. The van der Waals surface area contributed by atoms with Gasteiger partial charge < -0.3 is 24.8 Å². The van der Waals surface area contributed by atoms with Crippen LogP contribution in [0.15, 0.2) is 0 Å². The summed E-state index contributed by atoms with van der Waals surface area (Å²) in [6.45, 7) is 5.90. The lowest BCUT2D eigenvalue weighted by atomic mass is 9.46. The van der Waals surface area contributed by atoms with Crippen molar-refractivity contribution < 1.29 is 24.2 Å². The molecule has 1 heterocycles. The first kappa shape index (κ1) is 22.9. The molecule has 6 rings (SSSR count). The van der Waals surface area contributed by atoms with Crippen LogP contribution < -0.4 is 5.32 Å². The van der Waals surface area contributed by atoms with Crippen LogP contribution in [-0.4, -0.2) is 64.5 Å². The fourth-order valence-corrected chi connectivity index (χ4v) is 7.89. The molecule has 6 fully saturated rings. The number of carbonyl (C=O) groups excluding carboxylic acids is 2. The summed E-state index contributed by atoms with van der Waals surface area (Å²) in [6, 6.07) is 1.97. The first-order chi connectivity index (χ1) is 15.6. The van der Waals surface area contributed by atoms with Gasteiger partial charge in [-0.15, -0.1) is 0 Å². The van der Waals surface area contributed by atoms with Crippen molar-refractivity contribution in [3.8, 4) is 6.07 Å². The van der Waals surface area contributed by atoms with E-state index < -0.39 is 29.2 Å². The molecule has 5 saturated carbocycles. The molecule has 0 aromatic heterocycles. The molecule has 182 valence electrons. The molecule has 6 aliphatic rings. The number of alkyl carbamates (subject to hydrolysis) is 1. The van der Waals surface area contributed by atoms with Gasteiger partial charge in [0.25, 0.3) is 5.91 Å². The van der Waals surface area contributed by atoms with E-state index >= 15 is 0 Å². The second kappa shape index (κ2) is 7.84. The molecule has 2 N–H and O–H groups in total. The minimum atomic E-state index is -0.918. The molecule has 33 heavy (non-hydrogen) atoms. The Morgan fingerprint density at radius 2 is 1.88 bits per heavy atom. The smallest absolute Gasteiger partial charge is 0.408 e. The molecule has 3 unspecified atom stereocenters. The molecular weight excluding hydrogens is 422 g/mol. The lowest BCUT2D eigenvalue weighted by molar-refractivity contribution is -0.221. The number of amides is 2. The van der Waals surface area contributed by atoms with Crippen LogP contribution in [0.1, 0.15) is 72.1 Å². The number of aliphatic hydroxyl groups is 1. The van der Waals surface area contributed by atoms with Gasteiger partial charge in [-0.3, -0.25) is 4.79 Å². The lowest BCUT2D eigenvalue weighted by Gasteiger charge is -2.63. The van der Waals surface area contributed by atoms with Gasteiger partial charge in [-0.2, -0.15) is 5.26 Å². The summed E-state index contributed by atoms with van der Waals surface area (Å²) in [7, 11) is 0. The van der Waals surface area contributed by atoms with Gasteiger partial charge in [0.05, 0.1) is 24.9 Å². The van der Waals surface area contributed by atoms with Crippen LogP contribution >= 0.6 is 0 Å². The highest BCUT2D eigenvalue weighted by molar-refractivity contribution is 5.86. The molecule has 8 heteroatoms. The molecule has 0 radical (unpaired) electrons. The number of carbonyl (C=O) groups is 2. The zero-order chi connectivity index (χ0) is 23.6. The number of fused-ring (bicyclic) bond motifs is 1. The van der Waals surface area contributed by atoms with E-state index in [1.165, 1.54) is 0 Å². The minimum absolute atomic E-state index is 0.0301. The molecule has 4 bridgehead atoms. The van der Waals surface area contributed by atoms with E-state index in [1.807, 2.05) is 20.8 Å². The van der Waals surface area contributed by atoms with Gasteiger partial charge in [0.1, 0.15) is 6.04 Å². The number of nitrogens with one attached hydrogen (secondary N) is 1. The minimum Gasteiger partial charge on any atom is -0.435 e. The Morgan fingerprint density at radius 3 is 2.48 bits per heavy atom. The van der Waals surface area contributed by atoms with Gasteiger partial charge in [0.2, 0.25) is 0 Å². The highest BCUT2D eigenvalue weighted by Crippen LogP contribution is 2.65. The van der Waals surface area contributed by atoms with Crippen LogP contribution in [0.3, 0.4) is 0 Å². The number of piperidine rings is 1. The molecule has 1 aliphatic heterocycles. The van der Waals surface area contributed by atoms with Gasteiger partial charge in [-0.05, 0) is 89.9 Å². The van der Waals surface area contributed by atoms with Crippen molar-refractivity contribution in [2.75, 3.05) is 13.2 Å². The summed E-state index contributed by atoms with van der Waals surface area (Å²) in [5, 5.41) is 22.0. The van der Waals surface area contributed by atoms with Crippen molar-refractivity contribution in [1.29, 1.82) is 5.26 Å². The average Bonchev–Trinajstić information content (AvgIpc) is 3.37. The average molecular weight is 460 g/mol. The van der Waals surface area contributed by atoms with E-state index in [1.54, 1.807) is 4.90 Å². The normalized spacial score (nSPS) is 41.3. The summed E-state index contributed by atoms with van der Waals surface area (Å²) in [5.74, 6) is 1.05. The topological polar surface area (TPSA) is 112 Å². The largest absolute Gasteiger partial charge is 0.435 e. The van der Waals surface area contributed by atoms with Crippen LogP contribution in [0, 0.1) is 34.5 Å². The van der Waals surface area contributed by atoms with E-state index in [-0.39, 0.29) is 30.8 Å². The van der Waals surface area contributed by atoms with E-state index in [0.29, 0.717) is 24.2 Å². The maximum Gasteiger partial charge on any atom is 0.408 e. The van der Waals surface area contributed by atoms with Crippen LogP contribution in [0.25, 0.3) is 0 Å². The van der Waals surface area contributed by atoms with Crippen molar-refractivity contribution in [3.63, 3.8) is 0 Å². The Bertz CT molecular complexity index is 847. The summed E-state index contributed by atoms with van der Waals surface area (Å²) in [5.41, 5.74) is -1.34. The third kappa shape index (κ3) is 4.12. The van der Waals surface area contributed by atoms with Crippen LogP contribution in [-0.2, 0) is 14.3 Å². The zero-order valence-electron chi connectivity index (χ0n) is 20.0. The SMILES string of the molecule is CC(C)(C)NC(=O)OC(C(=O)N1[C@H](C#N)C[C@@H]2C[C@@H]21)C12CC3CC(CC(OCCO)(C3)C1)C2. The fourth-order valence-electron chi connectivity index (χ4n) is 7.89. The molecule has 8 nitrogen and oxygen atoms in total. The van der Waals surface area contributed by atoms with Gasteiger partial charge in [0.15, 0.2) is 6.10 Å². The van der Waals surface area contributed by atoms with Crippen LogP contribution in [0.5, 0.6) is 0 Å². The summed E-state index contributed by atoms with van der Waals surface area (Å²) < 4.78 is 12.3. The molecule has 0 spiro atoms. The lowest BCUT2D eigenvalue weighted by Crippen LogP contribution is -2.64. The van der Waals surface area contributed by atoms with Gasteiger partial charge in [-0.25, -0.2) is 4.79 Å². The Morgan fingerprint density at radius 1 is 1.18 bits per heavy atom. The molecular formula is C25H37N3O5. The van der Waals surface area contributed by atoms with Crippen molar-refractivity contribution >= 4 is 12.0 Å². The molecule has 5 aliphatic carbocycles. The maximum atomic E-state index is 14.1. The predicted octanol–water partition coefficient (Wildman–Crippen LogP) is 2.74. The number of hydrogen-bond donors (Lipinski definition) is 2. The van der Waals surface area contributed by atoms with Gasteiger partial charge >= 0.3 is 6.09 Å². The molecule has 6 atom stereocenters. The van der Waals surface area contributed by atoms with Crippen molar-refractivity contribution in [2.24, 2.45) is 23.2 Å². The quantitative estimate of drug-likeness (QED) is 0.632. The highest BCUT2D eigenvalue weighted by Gasteiger charge is 2.65. The molecule has 2 amide bonds. The van der Waals surface area contributed by atoms with E-state index in [9.17, 15) is 20.0 Å². The number of nitriles is 1. The molecule has 0 aromatic carbocycles. The monoisotopic (exact) mass is 459 g/mol. The molecule has 1 saturated heterocycles. The van der Waals surface area contributed by atoms with E-state index in [4.69, 9.17) is 9.47 Å². The summed E-state index contributed by atoms with van der Waals surface area (Å²) >= 11 is 0. The number of likely N-dealkylation sites (tertiary alicyclic amines) is 1. The van der Waals surface area contributed by atoms with Crippen molar-refractivity contribution in [1.82, 2.24) is 10.2 Å². The summed E-state index contributed by atoms with van der Waals surface area (Å²) in [6.07, 6.45) is 5.49. The van der Waals surface area contributed by atoms with Crippen molar-refractivity contribution in [2.45, 2.75) is 101 Å². The van der Waals surface area contributed by atoms with Gasteiger partial charge in [0, 0.05) is 17.0 Å². The Balaban J connectivity index is 1.47. The van der Waals surface area contributed by atoms with Crippen LogP contribution in [0.2, 0.25) is 0 Å². The first-order valence-corrected chi connectivity index (χ1v) is 12.5. The third-order valence-corrected chi connectivity index (χ3v) is 8.54. The third-order valence-electron chi connectivity index (χ3n) is 8.54. The highest BCUT2D eigenvalue weighted by atomic mass is 16.6. The van der Waals surface area contributed by atoms with Crippen LogP contribution in [0.4, 0.5) is 4.79 Å². The second-order valence-corrected chi connectivity index (χ2v) is 12.4. The van der Waals surface area contributed by atoms with E-state index in [2.05, 4.69) is 11.4 Å². The Kier molecular flexibility index (Phi) is 5.45. The summed E-state index contributed by atoms with van der Waals surface area (Å²) in [4.78, 5) is 28.8. The molecule has 0 aromatic rings. The van der Waals surface area contributed by atoms with Crippen molar-refractivity contribution in [3.05, 3.63) is 0 Å². The van der Waals surface area contributed by atoms with Gasteiger partial charge in [-0.1, -0.05) is 0 Å². The maximum absolute atomic E-state index is 14.1. The number of ether oxygens (including phenoxy) is 2. The Labute approximate surface area is 196 Å². The number of rotatable bonds is 6. The fraction of sp³-hybridized carbons (Fsp3) is 0.880. The number of hydrogen-bond acceptors (Lipinski definition) is 6. The number of nitrogens with zero attached hydrogens (tertiary/aromatic N) is 2. The second-order valence-electron chi connectivity index (χ2n) is 12.4. The zero-order valence-corrected chi connectivity index (χ0v) is 20.0. The first-order valence-electron chi connectivity index (χ1n) is 12.5. The predicted molar refractivity (Wildman–Crippen MR) is 119 cm³/mol. The van der Waals surface area contributed by atoms with E-state index in [0.717, 1.165) is 44.9 Å². The Hall–Kier alpha value is -1.85. The standard InChI is InChI=1S/C25H37N3O5/c1-23(2,3)27-22(31)33-20(21(30)28-18(13-26)7-17-8-19(17)28)24-9-15-6-16(10-24)12-25(11-15,14-24)32-5-4-29/h15-20,29H,4-12,14H2,1-3H3,(H,27,31)/t15?,16?,17-,18+,19+,20?,24?,25?/m1/s1.